The Bertz CT molecular complexity index is 1090. The summed E-state index contributed by atoms with van der Waals surface area (Å²) in [4.78, 5) is 31.8. The molecule has 3 aromatic carbocycles. The molecular formula is C23H18ClN3O2. The number of fused-ring (bicyclic) bond motifs is 1. The number of benzene rings is 3. The molecule has 1 unspecified atom stereocenters. The van der Waals surface area contributed by atoms with Crippen LogP contribution in [0.25, 0.3) is 0 Å². The van der Waals surface area contributed by atoms with Crippen LogP contribution in [-0.2, 0) is 4.79 Å². The summed E-state index contributed by atoms with van der Waals surface area (Å²) >= 11 is 5.91. The van der Waals surface area contributed by atoms with E-state index in [0.717, 1.165) is 11.1 Å². The molecule has 0 aliphatic carbocycles. The fraction of sp³-hybridized carbons (Fsp3) is 0.0870. The first-order chi connectivity index (χ1) is 14.0. The Kier molecular flexibility index (Phi) is 5.25. The van der Waals surface area contributed by atoms with E-state index in [0.29, 0.717) is 22.0 Å². The van der Waals surface area contributed by atoms with Crippen LogP contribution in [0.3, 0.4) is 0 Å². The van der Waals surface area contributed by atoms with Gasteiger partial charge in [-0.1, -0.05) is 60.1 Å². The molecule has 1 aliphatic heterocycles. The molecule has 5 nitrogen and oxygen atoms in total. The van der Waals surface area contributed by atoms with Crippen LogP contribution in [0.1, 0.15) is 21.5 Å². The van der Waals surface area contributed by atoms with Crippen LogP contribution in [-0.4, -0.2) is 30.1 Å². The average Bonchev–Trinajstić information content (AvgIpc) is 2.85. The summed E-state index contributed by atoms with van der Waals surface area (Å²) < 4.78 is 0. The molecule has 6 heteroatoms. The van der Waals surface area contributed by atoms with E-state index in [-0.39, 0.29) is 12.3 Å². The number of aliphatic imine (C=N–C) groups is 1. The molecule has 1 amide bonds. The van der Waals surface area contributed by atoms with E-state index in [1.807, 2.05) is 48.5 Å². The molecule has 0 saturated carbocycles. The van der Waals surface area contributed by atoms with Crippen molar-refractivity contribution in [3.05, 3.63) is 101 Å². The Morgan fingerprint density at radius 3 is 2.34 bits per heavy atom. The van der Waals surface area contributed by atoms with Gasteiger partial charge in [-0.15, -0.1) is 0 Å². The van der Waals surface area contributed by atoms with Crippen LogP contribution in [0.15, 0.2) is 83.9 Å². The zero-order valence-electron chi connectivity index (χ0n) is 15.5. The van der Waals surface area contributed by atoms with Gasteiger partial charge in [-0.25, -0.2) is 0 Å². The second-order valence-electron chi connectivity index (χ2n) is 6.66. The number of hydrogen-bond donors (Lipinski definition) is 1. The number of carbonyl (C=O) groups excluding carboxylic acids is 2. The van der Waals surface area contributed by atoms with Gasteiger partial charge in [-0.2, -0.15) is 0 Å². The number of amides is 1. The largest absolute Gasteiger partial charge is 0.302 e. The van der Waals surface area contributed by atoms with Gasteiger partial charge >= 0.3 is 0 Å². The quantitative estimate of drug-likeness (QED) is 0.675. The van der Waals surface area contributed by atoms with E-state index >= 15 is 0 Å². The number of hydrogen-bond acceptors (Lipinski definition) is 4. The van der Waals surface area contributed by atoms with Crippen molar-refractivity contribution in [3.63, 3.8) is 0 Å². The molecule has 0 aromatic heterocycles. The highest BCUT2D eigenvalue weighted by molar-refractivity contribution is 6.30. The minimum Gasteiger partial charge on any atom is -0.302 e. The van der Waals surface area contributed by atoms with E-state index in [2.05, 4.69) is 4.99 Å². The molecule has 0 fully saturated rings. The number of para-hydroxylation sites is 1. The third-order valence-corrected chi connectivity index (χ3v) is 5.00. The summed E-state index contributed by atoms with van der Waals surface area (Å²) in [5.41, 5.74) is 9.42. The maximum atomic E-state index is 13.0. The van der Waals surface area contributed by atoms with Gasteiger partial charge in [0.05, 0.1) is 17.9 Å². The van der Waals surface area contributed by atoms with Crippen molar-refractivity contribution >= 4 is 34.7 Å². The lowest BCUT2D eigenvalue weighted by Gasteiger charge is -2.23. The van der Waals surface area contributed by atoms with Crippen LogP contribution >= 0.6 is 11.6 Å². The minimum absolute atomic E-state index is 0.136. The molecule has 3 aromatic rings. The van der Waals surface area contributed by atoms with Crippen LogP contribution in [0, 0.1) is 0 Å². The molecule has 4 rings (SSSR count). The standard InChI is InChI=1S/C23H18ClN3O2/c24-17-12-10-15(11-13-17)20(28)14-27-19-9-5-4-8-18(19)21(26-22(25)23(27)29)16-6-2-1-3-7-16/h1-13,22H,14,25H2. The lowest BCUT2D eigenvalue weighted by molar-refractivity contribution is -0.119. The number of ketones is 1. The van der Waals surface area contributed by atoms with Crippen LogP contribution < -0.4 is 10.6 Å². The highest BCUT2D eigenvalue weighted by Gasteiger charge is 2.31. The Morgan fingerprint density at radius 1 is 0.966 bits per heavy atom. The van der Waals surface area contributed by atoms with Crippen molar-refractivity contribution in [2.45, 2.75) is 6.17 Å². The summed E-state index contributed by atoms with van der Waals surface area (Å²) in [6.45, 7) is -0.136. The first-order valence-electron chi connectivity index (χ1n) is 9.13. The predicted molar refractivity (Wildman–Crippen MR) is 115 cm³/mol. The van der Waals surface area contributed by atoms with Crippen LogP contribution in [0.5, 0.6) is 0 Å². The zero-order chi connectivity index (χ0) is 20.4. The molecule has 0 bridgehead atoms. The van der Waals surface area contributed by atoms with Gasteiger partial charge in [0.1, 0.15) is 0 Å². The molecule has 144 valence electrons. The monoisotopic (exact) mass is 403 g/mol. The lowest BCUT2D eigenvalue weighted by Crippen LogP contribution is -2.44. The lowest BCUT2D eigenvalue weighted by atomic mass is 10.00. The maximum Gasteiger partial charge on any atom is 0.266 e. The number of benzodiazepines with no additional fused rings is 1. The Labute approximate surface area is 173 Å². The topological polar surface area (TPSA) is 75.8 Å². The molecule has 29 heavy (non-hydrogen) atoms. The Balaban J connectivity index is 1.76. The van der Waals surface area contributed by atoms with E-state index in [4.69, 9.17) is 17.3 Å². The van der Waals surface area contributed by atoms with Crippen molar-refractivity contribution in [1.29, 1.82) is 0 Å². The summed E-state index contributed by atoms with van der Waals surface area (Å²) in [6, 6.07) is 23.5. The Morgan fingerprint density at radius 2 is 1.62 bits per heavy atom. The smallest absolute Gasteiger partial charge is 0.266 e. The van der Waals surface area contributed by atoms with Crippen molar-refractivity contribution < 1.29 is 9.59 Å². The number of carbonyl (C=O) groups is 2. The SMILES string of the molecule is NC1N=C(c2ccccc2)c2ccccc2N(CC(=O)c2ccc(Cl)cc2)C1=O. The first kappa shape index (κ1) is 19.1. The van der Waals surface area contributed by atoms with Crippen LogP contribution in [0.2, 0.25) is 5.02 Å². The number of Topliss-reactive ketones (excluding diaryl/α,β-unsaturated/α-hetero) is 1. The fourth-order valence-corrected chi connectivity index (χ4v) is 3.44. The van der Waals surface area contributed by atoms with Gasteiger partial charge in [0.2, 0.25) is 0 Å². The van der Waals surface area contributed by atoms with Gasteiger partial charge in [-0.05, 0) is 30.3 Å². The van der Waals surface area contributed by atoms with Crippen molar-refractivity contribution in [2.24, 2.45) is 10.7 Å². The number of halogens is 1. The van der Waals surface area contributed by atoms with Gasteiger partial charge in [-0.3, -0.25) is 14.6 Å². The van der Waals surface area contributed by atoms with E-state index in [1.165, 1.54) is 4.90 Å². The van der Waals surface area contributed by atoms with Crippen molar-refractivity contribution in [1.82, 2.24) is 0 Å². The molecule has 0 radical (unpaired) electrons. The first-order valence-corrected chi connectivity index (χ1v) is 9.51. The van der Waals surface area contributed by atoms with Crippen LogP contribution in [0.4, 0.5) is 5.69 Å². The second-order valence-corrected chi connectivity index (χ2v) is 7.10. The van der Waals surface area contributed by atoms with E-state index in [9.17, 15) is 9.59 Å². The molecule has 1 atom stereocenters. The minimum atomic E-state index is -1.10. The van der Waals surface area contributed by atoms with Crippen molar-refractivity contribution in [2.75, 3.05) is 11.4 Å². The fourth-order valence-electron chi connectivity index (χ4n) is 3.31. The molecule has 1 heterocycles. The second kappa shape index (κ2) is 7.99. The van der Waals surface area contributed by atoms with Crippen molar-refractivity contribution in [3.8, 4) is 0 Å². The number of nitrogens with zero attached hydrogens (tertiary/aromatic N) is 2. The Hall–Kier alpha value is -3.28. The van der Waals surface area contributed by atoms with E-state index in [1.54, 1.807) is 30.3 Å². The highest BCUT2D eigenvalue weighted by Crippen LogP contribution is 2.28. The number of anilines is 1. The summed E-state index contributed by atoms with van der Waals surface area (Å²) in [7, 11) is 0. The molecule has 2 N–H and O–H groups in total. The highest BCUT2D eigenvalue weighted by atomic mass is 35.5. The predicted octanol–water partition coefficient (Wildman–Crippen LogP) is 3.69. The van der Waals surface area contributed by atoms with Gasteiger partial charge in [0.15, 0.2) is 11.9 Å². The number of nitrogens with two attached hydrogens (primary N) is 1. The number of rotatable bonds is 4. The third-order valence-electron chi connectivity index (χ3n) is 4.75. The van der Waals surface area contributed by atoms with Gasteiger partial charge in [0, 0.05) is 21.7 Å². The summed E-state index contributed by atoms with van der Waals surface area (Å²) in [5.74, 6) is -0.633. The maximum absolute atomic E-state index is 13.0. The molecular weight excluding hydrogens is 386 g/mol. The summed E-state index contributed by atoms with van der Waals surface area (Å²) in [5, 5.41) is 0.542. The normalized spacial score (nSPS) is 16.1. The van der Waals surface area contributed by atoms with Gasteiger partial charge in [0.25, 0.3) is 5.91 Å². The summed E-state index contributed by atoms with van der Waals surface area (Å²) in [6.07, 6.45) is -1.10. The molecule has 0 spiro atoms. The zero-order valence-corrected chi connectivity index (χ0v) is 16.2. The van der Waals surface area contributed by atoms with Gasteiger partial charge < -0.3 is 10.6 Å². The molecule has 1 aliphatic rings. The third kappa shape index (κ3) is 3.83. The molecule has 0 saturated heterocycles. The van der Waals surface area contributed by atoms with E-state index < -0.39 is 12.1 Å². The average molecular weight is 404 g/mol.